The molecule has 1 aromatic carbocycles. The highest BCUT2D eigenvalue weighted by atomic mass is 16.2. The van der Waals surface area contributed by atoms with Crippen molar-refractivity contribution in [3.8, 4) is 0 Å². The van der Waals surface area contributed by atoms with Crippen molar-refractivity contribution in [2.45, 2.75) is 45.3 Å². The summed E-state index contributed by atoms with van der Waals surface area (Å²) in [5, 5.41) is 12.5. The maximum absolute atomic E-state index is 12.4. The summed E-state index contributed by atoms with van der Waals surface area (Å²) in [6, 6.07) is 4.89. The Bertz CT molecular complexity index is 689. The first-order valence-electron chi connectivity index (χ1n) is 8.71. The van der Waals surface area contributed by atoms with E-state index in [-0.39, 0.29) is 24.7 Å². The molecule has 0 fully saturated rings. The summed E-state index contributed by atoms with van der Waals surface area (Å²) in [7, 11) is 0. The zero-order valence-electron chi connectivity index (χ0n) is 15.6. The number of hydrogen-bond acceptors (Lipinski definition) is 5. The van der Waals surface area contributed by atoms with Gasteiger partial charge >= 0.3 is 0 Å². The van der Waals surface area contributed by atoms with Gasteiger partial charge in [0.05, 0.1) is 12.5 Å². The molecule has 1 aromatic rings. The maximum atomic E-state index is 12.4. The standard InChI is InChI=1S/C18H28N6O3/c1-3-10(2)15(20)18(27)24-13(8-14(19)25)17(26)23-9-11-4-6-12(7-5-11)16(21)22/h4-7,10,13,15H,3,8-9,20H2,1-2H3,(H2,19,25)(H3,21,22)(H,23,26)(H,24,27)/t10?,13-,15+/m0/s1. The van der Waals surface area contributed by atoms with Gasteiger partial charge in [-0.25, -0.2) is 0 Å². The topological polar surface area (TPSA) is 177 Å². The largest absolute Gasteiger partial charge is 0.384 e. The summed E-state index contributed by atoms with van der Waals surface area (Å²) >= 11 is 0. The van der Waals surface area contributed by atoms with Crippen molar-refractivity contribution < 1.29 is 14.4 Å². The zero-order chi connectivity index (χ0) is 20.6. The van der Waals surface area contributed by atoms with Gasteiger partial charge in [0.1, 0.15) is 11.9 Å². The Kier molecular flexibility index (Phi) is 8.40. The number of nitrogens with one attached hydrogen (secondary N) is 3. The molecule has 0 aliphatic heterocycles. The van der Waals surface area contributed by atoms with Gasteiger partial charge in [0, 0.05) is 12.1 Å². The third kappa shape index (κ3) is 7.06. The zero-order valence-corrected chi connectivity index (χ0v) is 15.6. The second-order valence-electron chi connectivity index (χ2n) is 6.47. The van der Waals surface area contributed by atoms with Crippen molar-refractivity contribution in [1.29, 1.82) is 5.41 Å². The van der Waals surface area contributed by atoms with Crippen molar-refractivity contribution >= 4 is 23.6 Å². The minimum atomic E-state index is -1.10. The highest BCUT2D eigenvalue weighted by Gasteiger charge is 2.27. The summed E-state index contributed by atoms with van der Waals surface area (Å²) in [4.78, 5) is 35.9. The molecule has 9 nitrogen and oxygen atoms in total. The van der Waals surface area contributed by atoms with Crippen molar-refractivity contribution in [1.82, 2.24) is 10.6 Å². The Morgan fingerprint density at radius 1 is 1.11 bits per heavy atom. The molecule has 3 atom stereocenters. The van der Waals surface area contributed by atoms with Crippen LogP contribution in [0.1, 0.15) is 37.8 Å². The van der Waals surface area contributed by atoms with Crippen LogP contribution in [0.4, 0.5) is 0 Å². The van der Waals surface area contributed by atoms with Crippen LogP contribution in [0.25, 0.3) is 0 Å². The summed E-state index contributed by atoms with van der Waals surface area (Å²) in [5.41, 5.74) is 17.8. The van der Waals surface area contributed by atoms with Gasteiger partial charge in [0.15, 0.2) is 0 Å². The van der Waals surface area contributed by atoms with Gasteiger partial charge < -0.3 is 27.8 Å². The van der Waals surface area contributed by atoms with E-state index in [9.17, 15) is 14.4 Å². The summed E-state index contributed by atoms with van der Waals surface area (Å²) in [5.74, 6) is -1.86. The molecule has 0 aromatic heterocycles. The van der Waals surface area contributed by atoms with Crippen LogP contribution in [0.5, 0.6) is 0 Å². The molecule has 0 spiro atoms. The predicted molar refractivity (Wildman–Crippen MR) is 102 cm³/mol. The lowest BCUT2D eigenvalue weighted by Gasteiger charge is -2.22. The number of carbonyl (C=O) groups is 3. The van der Waals surface area contributed by atoms with Crippen LogP contribution < -0.4 is 27.8 Å². The third-order valence-corrected chi connectivity index (χ3v) is 4.33. The Morgan fingerprint density at radius 3 is 2.19 bits per heavy atom. The second-order valence-corrected chi connectivity index (χ2v) is 6.47. The molecule has 0 radical (unpaired) electrons. The van der Waals surface area contributed by atoms with Crippen LogP contribution in [0, 0.1) is 11.3 Å². The highest BCUT2D eigenvalue weighted by Crippen LogP contribution is 2.07. The Hall–Kier alpha value is -2.94. The fourth-order valence-electron chi connectivity index (χ4n) is 2.31. The molecule has 0 heterocycles. The van der Waals surface area contributed by atoms with Crippen LogP contribution in [0.3, 0.4) is 0 Å². The van der Waals surface area contributed by atoms with Crippen molar-refractivity contribution in [3.63, 3.8) is 0 Å². The molecule has 0 saturated carbocycles. The monoisotopic (exact) mass is 376 g/mol. The first-order valence-corrected chi connectivity index (χ1v) is 8.71. The molecule has 9 N–H and O–H groups in total. The summed E-state index contributed by atoms with van der Waals surface area (Å²) < 4.78 is 0. The van der Waals surface area contributed by atoms with Crippen LogP contribution in [-0.4, -0.2) is 35.6 Å². The van der Waals surface area contributed by atoms with Crippen molar-refractivity contribution in [2.24, 2.45) is 23.1 Å². The summed E-state index contributed by atoms with van der Waals surface area (Å²) in [6.07, 6.45) is 0.381. The van der Waals surface area contributed by atoms with E-state index in [4.69, 9.17) is 22.6 Å². The number of amides is 3. The van der Waals surface area contributed by atoms with Gasteiger partial charge in [-0.15, -0.1) is 0 Å². The lowest BCUT2D eigenvalue weighted by atomic mass is 9.99. The van der Waals surface area contributed by atoms with E-state index in [0.29, 0.717) is 12.0 Å². The van der Waals surface area contributed by atoms with E-state index >= 15 is 0 Å². The Balaban J connectivity index is 2.72. The lowest BCUT2D eigenvalue weighted by molar-refractivity contribution is -0.132. The van der Waals surface area contributed by atoms with Gasteiger partial charge in [-0.05, 0) is 11.5 Å². The molecule has 0 aliphatic rings. The predicted octanol–water partition coefficient (Wildman–Crippen LogP) is -0.680. The average molecular weight is 376 g/mol. The van der Waals surface area contributed by atoms with Gasteiger partial charge in [-0.2, -0.15) is 0 Å². The molecule has 27 heavy (non-hydrogen) atoms. The number of amidine groups is 1. The average Bonchev–Trinajstić information content (AvgIpc) is 2.63. The Labute approximate surface area is 158 Å². The minimum Gasteiger partial charge on any atom is -0.384 e. The smallest absolute Gasteiger partial charge is 0.243 e. The molecule has 148 valence electrons. The third-order valence-electron chi connectivity index (χ3n) is 4.33. The van der Waals surface area contributed by atoms with Crippen molar-refractivity contribution in [3.05, 3.63) is 35.4 Å². The van der Waals surface area contributed by atoms with E-state index in [0.717, 1.165) is 5.56 Å². The van der Waals surface area contributed by atoms with E-state index in [2.05, 4.69) is 10.6 Å². The van der Waals surface area contributed by atoms with Gasteiger partial charge in [-0.1, -0.05) is 44.5 Å². The number of carbonyl (C=O) groups excluding carboxylic acids is 3. The number of rotatable bonds is 10. The molecule has 0 bridgehead atoms. The fraction of sp³-hybridized carbons (Fsp3) is 0.444. The normalized spacial score (nSPS) is 13.9. The Morgan fingerprint density at radius 2 is 1.70 bits per heavy atom. The van der Waals surface area contributed by atoms with Crippen LogP contribution in [-0.2, 0) is 20.9 Å². The second kappa shape index (κ2) is 10.3. The van der Waals surface area contributed by atoms with E-state index in [1.807, 2.05) is 13.8 Å². The molecular formula is C18H28N6O3. The minimum absolute atomic E-state index is 0.0486. The molecule has 1 rings (SSSR count). The van der Waals surface area contributed by atoms with E-state index in [1.54, 1.807) is 24.3 Å². The van der Waals surface area contributed by atoms with Gasteiger partial charge in [0.25, 0.3) is 0 Å². The molecular weight excluding hydrogens is 348 g/mol. The summed E-state index contributed by atoms with van der Waals surface area (Å²) in [6.45, 7) is 3.92. The molecule has 9 heteroatoms. The molecule has 1 unspecified atom stereocenters. The first kappa shape index (κ1) is 22.1. The van der Waals surface area contributed by atoms with E-state index in [1.165, 1.54) is 0 Å². The van der Waals surface area contributed by atoms with E-state index < -0.39 is 29.8 Å². The quantitative estimate of drug-likeness (QED) is 0.234. The fourth-order valence-corrected chi connectivity index (χ4v) is 2.31. The first-order chi connectivity index (χ1) is 12.6. The SMILES string of the molecule is CCC(C)[C@@H](N)C(=O)N[C@@H](CC(N)=O)C(=O)NCc1ccc(C(=N)N)cc1. The van der Waals surface area contributed by atoms with Gasteiger partial charge in [0.2, 0.25) is 17.7 Å². The van der Waals surface area contributed by atoms with Crippen molar-refractivity contribution in [2.75, 3.05) is 0 Å². The molecule has 3 amide bonds. The van der Waals surface area contributed by atoms with Gasteiger partial charge in [-0.3, -0.25) is 19.8 Å². The number of nitrogen functional groups attached to an aromatic ring is 1. The highest BCUT2D eigenvalue weighted by molar-refractivity contribution is 5.95. The van der Waals surface area contributed by atoms with Crippen LogP contribution in [0.15, 0.2) is 24.3 Å². The van der Waals surface area contributed by atoms with Crippen LogP contribution in [0.2, 0.25) is 0 Å². The molecule has 0 saturated heterocycles. The molecule has 0 aliphatic carbocycles. The lowest BCUT2D eigenvalue weighted by Crippen LogP contribution is -2.54. The number of nitrogens with two attached hydrogens (primary N) is 3. The maximum Gasteiger partial charge on any atom is 0.243 e. The number of hydrogen-bond donors (Lipinski definition) is 6. The van der Waals surface area contributed by atoms with Crippen LogP contribution >= 0.6 is 0 Å². The number of primary amides is 1. The number of benzene rings is 1.